The van der Waals surface area contributed by atoms with Crippen LogP contribution in [0.15, 0.2) is 29.2 Å². The molecule has 0 unspecified atom stereocenters. The fourth-order valence-electron chi connectivity index (χ4n) is 2.06. The first kappa shape index (κ1) is 23.5. The van der Waals surface area contributed by atoms with Crippen molar-refractivity contribution in [1.29, 1.82) is 0 Å². The van der Waals surface area contributed by atoms with E-state index in [2.05, 4.69) is 10.1 Å². The van der Waals surface area contributed by atoms with E-state index in [1.54, 1.807) is 6.92 Å². The fraction of sp³-hybridized carbons (Fsp3) is 0.471. The van der Waals surface area contributed by atoms with Crippen LogP contribution in [0.5, 0.6) is 0 Å². The molecule has 0 radical (unpaired) electrons. The summed E-state index contributed by atoms with van der Waals surface area (Å²) in [7, 11) is -2.85. The van der Waals surface area contributed by atoms with Crippen LogP contribution in [0.1, 0.15) is 20.3 Å². The molecule has 156 valence electrons. The Kier molecular flexibility index (Phi) is 9.00. The molecule has 0 aliphatic carbocycles. The Morgan fingerprint density at radius 1 is 1.18 bits per heavy atom. The largest absolute Gasteiger partial charge is 0.467 e. The molecule has 28 heavy (non-hydrogen) atoms. The summed E-state index contributed by atoms with van der Waals surface area (Å²) in [4.78, 5) is 35.0. The highest BCUT2D eigenvalue weighted by atomic mass is 32.2. The zero-order chi connectivity index (χ0) is 21.3. The van der Waals surface area contributed by atoms with Gasteiger partial charge in [0.25, 0.3) is 5.91 Å². The first-order valence-electron chi connectivity index (χ1n) is 8.38. The van der Waals surface area contributed by atoms with E-state index in [0.717, 1.165) is 24.3 Å². The van der Waals surface area contributed by atoms with Gasteiger partial charge in [0.1, 0.15) is 18.4 Å². The number of hydrogen-bond acceptors (Lipinski definition) is 7. The molecule has 0 heterocycles. The number of carbonyl (C=O) groups excluding carboxylic acids is 3. The van der Waals surface area contributed by atoms with Crippen molar-refractivity contribution in [1.82, 2.24) is 10.0 Å². The van der Waals surface area contributed by atoms with E-state index >= 15 is 0 Å². The first-order chi connectivity index (χ1) is 13.1. The van der Waals surface area contributed by atoms with E-state index in [1.807, 2.05) is 11.6 Å². The number of hydrogen-bond donors (Lipinski definition) is 2. The minimum atomic E-state index is -4.04. The summed E-state index contributed by atoms with van der Waals surface area (Å²) in [6, 6.07) is 3.12. The van der Waals surface area contributed by atoms with Gasteiger partial charge in [-0.15, -0.1) is 0 Å². The second-order valence-corrected chi connectivity index (χ2v) is 7.66. The third kappa shape index (κ3) is 7.24. The average Bonchev–Trinajstić information content (AvgIpc) is 2.68. The molecule has 0 aliphatic rings. The van der Waals surface area contributed by atoms with Crippen LogP contribution in [0, 0.1) is 11.7 Å². The predicted molar refractivity (Wildman–Crippen MR) is 95.9 cm³/mol. The molecule has 2 atom stereocenters. The highest BCUT2D eigenvalue weighted by Crippen LogP contribution is 2.10. The summed E-state index contributed by atoms with van der Waals surface area (Å²) < 4.78 is 48.1. The van der Waals surface area contributed by atoms with Crippen LogP contribution in [-0.2, 0) is 33.9 Å². The van der Waals surface area contributed by atoms with E-state index < -0.39 is 52.9 Å². The summed E-state index contributed by atoms with van der Waals surface area (Å²) in [5.41, 5.74) is 0. The quantitative estimate of drug-likeness (QED) is 0.525. The van der Waals surface area contributed by atoms with Gasteiger partial charge in [-0.2, -0.15) is 4.72 Å². The number of amides is 1. The van der Waals surface area contributed by atoms with Gasteiger partial charge in [-0.1, -0.05) is 20.3 Å². The van der Waals surface area contributed by atoms with Gasteiger partial charge in [-0.25, -0.2) is 17.6 Å². The van der Waals surface area contributed by atoms with Crippen molar-refractivity contribution in [3.8, 4) is 0 Å². The Labute approximate surface area is 162 Å². The van der Waals surface area contributed by atoms with Gasteiger partial charge < -0.3 is 14.8 Å². The van der Waals surface area contributed by atoms with Crippen molar-refractivity contribution in [3.63, 3.8) is 0 Å². The number of rotatable bonds is 10. The Morgan fingerprint density at radius 2 is 1.79 bits per heavy atom. The number of ether oxygens (including phenoxy) is 2. The smallest absolute Gasteiger partial charge is 0.328 e. The van der Waals surface area contributed by atoms with Crippen LogP contribution in [0.3, 0.4) is 0 Å². The third-order valence-electron chi connectivity index (χ3n) is 3.88. The van der Waals surface area contributed by atoms with Crippen LogP contribution >= 0.6 is 0 Å². The number of carbonyl (C=O) groups is 3. The second kappa shape index (κ2) is 10.7. The normalized spacial score (nSPS) is 13.3. The van der Waals surface area contributed by atoms with Crippen molar-refractivity contribution in [2.45, 2.75) is 31.2 Å². The summed E-state index contributed by atoms with van der Waals surface area (Å²) >= 11 is 0. The van der Waals surface area contributed by atoms with Crippen LogP contribution in [0.2, 0.25) is 0 Å². The minimum absolute atomic E-state index is 0.199. The number of esters is 2. The molecule has 2 N–H and O–H groups in total. The highest BCUT2D eigenvalue weighted by Gasteiger charge is 2.27. The molecule has 0 bridgehead atoms. The van der Waals surface area contributed by atoms with E-state index in [0.29, 0.717) is 6.42 Å². The molecule has 1 aromatic rings. The maximum atomic E-state index is 12.8. The van der Waals surface area contributed by atoms with Gasteiger partial charge in [0.05, 0.1) is 12.0 Å². The average molecular weight is 418 g/mol. The fourth-order valence-corrected chi connectivity index (χ4v) is 3.03. The molecule has 0 aromatic heterocycles. The van der Waals surface area contributed by atoms with Gasteiger partial charge in [-0.3, -0.25) is 9.59 Å². The second-order valence-electron chi connectivity index (χ2n) is 5.89. The Hall–Kier alpha value is -2.53. The monoisotopic (exact) mass is 418 g/mol. The van der Waals surface area contributed by atoms with Gasteiger partial charge in [0.15, 0.2) is 6.61 Å². The van der Waals surface area contributed by atoms with Gasteiger partial charge >= 0.3 is 11.9 Å². The standard InChI is InChI=1S/C17H23FN2O7S/c1-4-11(2)16(17(23)26-3)20-14(21)10-27-15(22)9-19-28(24,25)13-7-5-12(18)6-8-13/h5-8,11,16,19H,4,9-10H2,1-3H3,(H,20,21)/t11-,16-/m1/s1. The van der Waals surface area contributed by atoms with Gasteiger partial charge in [-0.05, 0) is 30.2 Å². The Morgan fingerprint density at radius 3 is 2.32 bits per heavy atom. The SMILES string of the molecule is CC[C@@H](C)[C@@H](NC(=O)COC(=O)CNS(=O)(=O)c1ccc(F)cc1)C(=O)OC. The molecule has 9 nitrogen and oxygen atoms in total. The number of sulfonamides is 1. The van der Waals surface area contributed by atoms with Crippen molar-refractivity contribution >= 4 is 27.9 Å². The molecule has 0 aliphatic heterocycles. The van der Waals surface area contributed by atoms with E-state index in [-0.39, 0.29) is 10.8 Å². The lowest BCUT2D eigenvalue weighted by molar-refractivity contribution is -0.150. The highest BCUT2D eigenvalue weighted by molar-refractivity contribution is 7.89. The van der Waals surface area contributed by atoms with E-state index in [4.69, 9.17) is 4.74 Å². The maximum Gasteiger partial charge on any atom is 0.328 e. The topological polar surface area (TPSA) is 128 Å². The van der Waals surface area contributed by atoms with Gasteiger partial charge in [0.2, 0.25) is 10.0 Å². The summed E-state index contributed by atoms with van der Waals surface area (Å²) in [5, 5.41) is 2.41. The first-order valence-corrected chi connectivity index (χ1v) is 9.87. The Bertz CT molecular complexity index is 796. The molecular formula is C17H23FN2O7S. The van der Waals surface area contributed by atoms with Crippen LogP contribution in [0.4, 0.5) is 4.39 Å². The molecular weight excluding hydrogens is 395 g/mol. The number of methoxy groups -OCH3 is 1. The zero-order valence-electron chi connectivity index (χ0n) is 15.7. The molecule has 0 fully saturated rings. The summed E-state index contributed by atoms with van der Waals surface area (Å²) in [5.74, 6) is -3.16. The zero-order valence-corrected chi connectivity index (χ0v) is 16.5. The van der Waals surface area contributed by atoms with Crippen LogP contribution in [-0.4, -0.2) is 52.6 Å². The molecule has 1 aromatic carbocycles. The summed E-state index contributed by atoms with van der Waals surface area (Å²) in [6.45, 7) is 2.16. The van der Waals surface area contributed by atoms with Crippen molar-refractivity contribution in [2.24, 2.45) is 5.92 Å². The lowest BCUT2D eigenvalue weighted by atomic mass is 9.99. The number of halogens is 1. The van der Waals surface area contributed by atoms with Crippen molar-refractivity contribution in [3.05, 3.63) is 30.1 Å². The van der Waals surface area contributed by atoms with E-state index in [1.165, 1.54) is 7.11 Å². The molecule has 0 saturated carbocycles. The van der Waals surface area contributed by atoms with Crippen molar-refractivity contribution < 1.29 is 36.7 Å². The maximum absolute atomic E-state index is 12.8. The molecule has 0 saturated heterocycles. The Balaban J connectivity index is 2.52. The number of benzene rings is 1. The van der Waals surface area contributed by atoms with Gasteiger partial charge in [0, 0.05) is 0 Å². The molecule has 1 rings (SSSR count). The molecule has 0 spiro atoms. The third-order valence-corrected chi connectivity index (χ3v) is 5.30. The predicted octanol–water partition coefficient (Wildman–Crippen LogP) is 0.351. The van der Waals surface area contributed by atoms with Crippen LogP contribution in [0.25, 0.3) is 0 Å². The lowest BCUT2D eigenvalue weighted by Gasteiger charge is -2.21. The van der Waals surface area contributed by atoms with E-state index in [9.17, 15) is 27.2 Å². The lowest BCUT2D eigenvalue weighted by Crippen LogP contribution is -2.47. The van der Waals surface area contributed by atoms with Crippen LogP contribution < -0.4 is 10.0 Å². The minimum Gasteiger partial charge on any atom is -0.467 e. The number of nitrogens with one attached hydrogen (secondary N) is 2. The molecule has 1 amide bonds. The molecule has 11 heteroatoms. The van der Waals surface area contributed by atoms with Crippen molar-refractivity contribution in [2.75, 3.05) is 20.3 Å². The summed E-state index contributed by atoms with van der Waals surface area (Å²) in [6.07, 6.45) is 0.602.